The molecule has 0 amide bonds. The van der Waals surface area contributed by atoms with E-state index >= 15 is 0 Å². The first-order chi connectivity index (χ1) is 7.02. The molecule has 0 aliphatic rings. The lowest BCUT2D eigenvalue weighted by Gasteiger charge is -2.07. The van der Waals surface area contributed by atoms with Gasteiger partial charge in [0.15, 0.2) is 0 Å². The van der Waals surface area contributed by atoms with E-state index in [0.717, 1.165) is 12.4 Å². The molecule has 2 rings (SSSR count). The molecule has 1 aromatic carbocycles. The van der Waals surface area contributed by atoms with Crippen molar-refractivity contribution >= 4 is 17.3 Å². The Kier molecular flexibility index (Phi) is 1.99. The summed E-state index contributed by atoms with van der Waals surface area (Å²) in [5.41, 5.74) is -0.901. The molecule has 0 radical (unpaired) electrons. The first-order valence-corrected chi connectivity index (χ1v) is 4.02. The molecular weight excluding hydrogens is 209 g/mol. The Hall–Kier alpha value is -1.85. The third-order valence-corrected chi connectivity index (χ3v) is 1.99. The van der Waals surface area contributed by atoms with Gasteiger partial charge in [0.2, 0.25) is 0 Å². The molecule has 3 nitrogen and oxygen atoms in total. The number of H-pyrrole nitrogens is 1. The van der Waals surface area contributed by atoms with E-state index in [1.807, 2.05) is 0 Å². The first kappa shape index (κ1) is 9.70. The third kappa shape index (κ3) is 1.58. The molecule has 0 unspecified atom stereocenters. The Bertz CT molecular complexity index is 516. The van der Waals surface area contributed by atoms with Gasteiger partial charge in [-0.3, -0.25) is 4.79 Å². The fourth-order valence-corrected chi connectivity index (χ4v) is 1.36. The van der Waals surface area contributed by atoms with E-state index in [9.17, 15) is 18.0 Å². The van der Waals surface area contributed by atoms with E-state index in [0.29, 0.717) is 6.29 Å². The zero-order valence-electron chi connectivity index (χ0n) is 7.30. The summed E-state index contributed by atoms with van der Waals surface area (Å²) in [7, 11) is 0. The topological polar surface area (TPSA) is 45.8 Å². The SMILES string of the molecule is O=Cc1cc(C(F)(F)F)c2nc[nH]c2c1. The molecular formula is C9H5F3N2O. The van der Waals surface area contributed by atoms with Gasteiger partial charge in [-0.1, -0.05) is 0 Å². The quantitative estimate of drug-likeness (QED) is 0.741. The minimum Gasteiger partial charge on any atom is -0.345 e. The van der Waals surface area contributed by atoms with Crippen LogP contribution in [0.1, 0.15) is 15.9 Å². The molecule has 1 N–H and O–H groups in total. The maximum atomic E-state index is 12.5. The molecule has 0 spiro atoms. The van der Waals surface area contributed by atoms with Crippen LogP contribution >= 0.6 is 0 Å². The van der Waals surface area contributed by atoms with E-state index in [1.54, 1.807) is 0 Å². The van der Waals surface area contributed by atoms with Crippen LogP contribution in [0.25, 0.3) is 11.0 Å². The number of alkyl halides is 3. The van der Waals surface area contributed by atoms with Crippen molar-refractivity contribution in [1.29, 1.82) is 0 Å². The average molecular weight is 214 g/mol. The highest BCUT2D eigenvalue weighted by Crippen LogP contribution is 2.34. The number of imidazole rings is 1. The number of fused-ring (bicyclic) bond motifs is 1. The Morgan fingerprint density at radius 2 is 2.07 bits per heavy atom. The molecule has 0 atom stereocenters. The second-order valence-corrected chi connectivity index (χ2v) is 2.98. The lowest BCUT2D eigenvalue weighted by molar-refractivity contribution is -0.136. The van der Waals surface area contributed by atoms with Crippen molar-refractivity contribution in [3.05, 3.63) is 29.6 Å². The van der Waals surface area contributed by atoms with Crippen LogP contribution in [0.5, 0.6) is 0 Å². The molecule has 0 aliphatic heterocycles. The van der Waals surface area contributed by atoms with Gasteiger partial charge in [0.05, 0.1) is 17.4 Å². The number of halogens is 3. The number of hydrogen-bond donors (Lipinski definition) is 1. The largest absolute Gasteiger partial charge is 0.418 e. The smallest absolute Gasteiger partial charge is 0.345 e. The highest BCUT2D eigenvalue weighted by molar-refractivity contribution is 5.87. The van der Waals surface area contributed by atoms with Gasteiger partial charge in [0, 0.05) is 5.56 Å². The van der Waals surface area contributed by atoms with Gasteiger partial charge in [-0.2, -0.15) is 13.2 Å². The Labute approximate surface area is 81.9 Å². The molecule has 0 fully saturated rings. The Balaban J connectivity index is 2.80. The number of benzene rings is 1. The van der Waals surface area contributed by atoms with Gasteiger partial charge in [0.1, 0.15) is 11.8 Å². The number of nitrogens with zero attached hydrogens (tertiary/aromatic N) is 1. The van der Waals surface area contributed by atoms with Gasteiger partial charge in [-0.25, -0.2) is 4.98 Å². The zero-order valence-corrected chi connectivity index (χ0v) is 7.30. The first-order valence-electron chi connectivity index (χ1n) is 4.02. The summed E-state index contributed by atoms with van der Waals surface area (Å²) in [5, 5.41) is 0. The number of aromatic amines is 1. The van der Waals surface area contributed by atoms with Crippen molar-refractivity contribution in [3.63, 3.8) is 0 Å². The van der Waals surface area contributed by atoms with Crippen LogP contribution in [0.4, 0.5) is 13.2 Å². The number of aldehydes is 1. The van der Waals surface area contributed by atoms with Crippen molar-refractivity contribution < 1.29 is 18.0 Å². The van der Waals surface area contributed by atoms with E-state index in [2.05, 4.69) is 9.97 Å². The summed E-state index contributed by atoms with van der Waals surface area (Å²) in [6.45, 7) is 0. The second kappa shape index (κ2) is 3.08. The summed E-state index contributed by atoms with van der Waals surface area (Å²) >= 11 is 0. The fraction of sp³-hybridized carbons (Fsp3) is 0.111. The number of hydrogen-bond acceptors (Lipinski definition) is 2. The number of carbonyl (C=O) groups excluding carboxylic acids is 1. The predicted molar refractivity (Wildman–Crippen MR) is 46.5 cm³/mol. The van der Waals surface area contributed by atoms with Crippen LogP contribution < -0.4 is 0 Å². The van der Waals surface area contributed by atoms with E-state index in [-0.39, 0.29) is 16.6 Å². The summed E-state index contributed by atoms with van der Waals surface area (Å²) in [6.07, 6.45) is -2.98. The summed E-state index contributed by atoms with van der Waals surface area (Å²) in [5.74, 6) is 0. The molecule has 0 bridgehead atoms. The van der Waals surface area contributed by atoms with E-state index < -0.39 is 11.7 Å². The summed E-state index contributed by atoms with van der Waals surface area (Å²) in [4.78, 5) is 16.6. The normalized spacial score (nSPS) is 11.9. The van der Waals surface area contributed by atoms with Crippen molar-refractivity contribution in [3.8, 4) is 0 Å². The lowest BCUT2D eigenvalue weighted by Crippen LogP contribution is -2.06. The number of rotatable bonds is 1. The summed E-state index contributed by atoms with van der Waals surface area (Å²) < 4.78 is 37.6. The van der Waals surface area contributed by atoms with Crippen molar-refractivity contribution in [2.24, 2.45) is 0 Å². The van der Waals surface area contributed by atoms with Crippen molar-refractivity contribution in [2.45, 2.75) is 6.18 Å². The van der Waals surface area contributed by atoms with Crippen LogP contribution in [0.2, 0.25) is 0 Å². The molecule has 0 saturated heterocycles. The monoisotopic (exact) mass is 214 g/mol. The average Bonchev–Trinajstić information content (AvgIpc) is 2.61. The number of aromatic nitrogens is 2. The second-order valence-electron chi connectivity index (χ2n) is 2.98. The van der Waals surface area contributed by atoms with E-state index in [4.69, 9.17) is 0 Å². The molecule has 2 aromatic rings. The van der Waals surface area contributed by atoms with Gasteiger partial charge in [0.25, 0.3) is 0 Å². The maximum Gasteiger partial charge on any atom is 0.418 e. The molecule has 1 aromatic heterocycles. The summed E-state index contributed by atoms with van der Waals surface area (Å²) in [6, 6.07) is 2.11. The minimum atomic E-state index is -4.51. The van der Waals surface area contributed by atoms with Crippen LogP contribution in [-0.2, 0) is 6.18 Å². The van der Waals surface area contributed by atoms with Crippen LogP contribution in [-0.4, -0.2) is 16.3 Å². The molecule has 6 heteroatoms. The van der Waals surface area contributed by atoms with Crippen LogP contribution in [0, 0.1) is 0 Å². The van der Waals surface area contributed by atoms with Gasteiger partial charge >= 0.3 is 6.18 Å². The third-order valence-electron chi connectivity index (χ3n) is 1.99. The minimum absolute atomic E-state index is 0.0286. The van der Waals surface area contributed by atoms with Crippen LogP contribution in [0.3, 0.4) is 0 Å². The molecule has 78 valence electrons. The predicted octanol–water partition coefficient (Wildman–Crippen LogP) is 2.39. The van der Waals surface area contributed by atoms with E-state index in [1.165, 1.54) is 6.07 Å². The molecule has 1 heterocycles. The Morgan fingerprint density at radius 3 is 2.67 bits per heavy atom. The van der Waals surface area contributed by atoms with Gasteiger partial charge in [-0.05, 0) is 12.1 Å². The highest BCUT2D eigenvalue weighted by Gasteiger charge is 2.34. The van der Waals surface area contributed by atoms with Crippen molar-refractivity contribution in [1.82, 2.24) is 9.97 Å². The Morgan fingerprint density at radius 1 is 1.33 bits per heavy atom. The standard InChI is InChI=1S/C9H5F3N2O/c10-9(11,12)6-1-5(3-15)2-7-8(6)14-4-13-7/h1-4H,(H,13,14). The molecule has 0 aliphatic carbocycles. The van der Waals surface area contributed by atoms with Gasteiger partial charge in [-0.15, -0.1) is 0 Å². The number of nitrogens with one attached hydrogen (secondary N) is 1. The zero-order chi connectivity index (χ0) is 11.1. The van der Waals surface area contributed by atoms with Gasteiger partial charge < -0.3 is 4.98 Å². The fourth-order valence-electron chi connectivity index (χ4n) is 1.36. The van der Waals surface area contributed by atoms with Crippen LogP contribution in [0.15, 0.2) is 18.5 Å². The maximum absolute atomic E-state index is 12.5. The van der Waals surface area contributed by atoms with Crippen molar-refractivity contribution in [2.75, 3.05) is 0 Å². The number of carbonyl (C=O) groups is 1. The molecule has 0 saturated carbocycles. The highest BCUT2D eigenvalue weighted by atomic mass is 19.4. The lowest BCUT2D eigenvalue weighted by atomic mass is 10.1. The molecule has 15 heavy (non-hydrogen) atoms.